The highest BCUT2D eigenvalue weighted by atomic mass is 32.2. The highest BCUT2D eigenvalue weighted by Gasteiger charge is 2.02. The van der Waals surface area contributed by atoms with Gasteiger partial charge in [-0.2, -0.15) is 4.98 Å². The Bertz CT molecular complexity index is 436. The van der Waals surface area contributed by atoms with Crippen LogP contribution in [0.15, 0.2) is 33.7 Å². The van der Waals surface area contributed by atoms with Crippen LogP contribution in [0.4, 0.5) is 0 Å². The van der Waals surface area contributed by atoms with Gasteiger partial charge in [0.25, 0.3) is 0 Å². The lowest BCUT2D eigenvalue weighted by Crippen LogP contribution is -1.83. The Balaban J connectivity index is 1.96. The van der Waals surface area contributed by atoms with Crippen LogP contribution in [0.5, 0.6) is 0 Å². The quantitative estimate of drug-likeness (QED) is 0.745. The van der Waals surface area contributed by atoms with Crippen LogP contribution in [-0.2, 0) is 5.75 Å². The number of hydrogen-bond donors (Lipinski definition) is 0. The van der Waals surface area contributed by atoms with Gasteiger partial charge in [-0.3, -0.25) is 0 Å². The first kappa shape index (κ1) is 10.2. The second kappa shape index (κ2) is 4.49. The lowest BCUT2D eigenvalue weighted by Gasteiger charge is -1.98. The molecule has 0 saturated carbocycles. The summed E-state index contributed by atoms with van der Waals surface area (Å²) < 4.78 is 4.90. The van der Waals surface area contributed by atoms with E-state index in [4.69, 9.17) is 4.52 Å². The molecule has 0 N–H and O–H groups in total. The Kier molecular flexibility index (Phi) is 3.06. The zero-order valence-corrected chi connectivity index (χ0v) is 9.54. The maximum Gasteiger partial charge on any atom is 0.223 e. The van der Waals surface area contributed by atoms with Crippen molar-refractivity contribution in [3.8, 4) is 0 Å². The summed E-state index contributed by atoms with van der Waals surface area (Å²) >= 11 is 1.71. The standard InChI is InChI=1S/C11H12N2OS/c1-8-3-5-10(6-4-8)15-7-11-12-9(2)14-13-11/h3-6H,7H2,1-2H3. The van der Waals surface area contributed by atoms with E-state index in [1.165, 1.54) is 10.5 Å². The molecule has 0 aliphatic carbocycles. The molecular weight excluding hydrogens is 208 g/mol. The van der Waals surface area contributed by atoms with Crippen LogP contribution in [0.2, 0.25) is 0 Å². The number of rotatable bonds is 3. The summed E-state index contributed by atoms with van der Waals surface area (Å²) in [5, 5.41) is 3.84. The van der Waals surface area contributed by atoms with Crippen molar-refractivity contribution in [2.45, 2.75) is 24.5 Å². The summed E-state index contributed by atoms with van der Waals surface area (Å²) in [5.74, 6) is 2.12. The number of aryl methyl sites for hydroxylation is 2. The molecule has 2 aromatic rings. The molecule has 78 valence electrons. The Morgan fingerprint density at radius 3 is 2.53 bits per heavy atom. The summed E-state index contributed by atoms with van der Waals surface area (Å²) in [6.45, 7) is 3.88. The molecule has 3 nitrogen and oxygen atoms in total. The number of benzene rings is 1. The molecule has 0 aliphatic heterocycles. The first-order chi connectivity index (χ1) is 7.24. The highest BCUT2D eigenvalue weighted by molar-refractivity contribution is 7.98. The molecule has 0 amide bonds. The van der Waals surface area contributed by atoms with Gasteiger partial charge in [-0.1, -0.05) is 22.9 Å². The van der Waals surface area contributed by atoms with Crippen molar-refractivity contribution in [2.75, 3.05) is 0 Å². The average molecular weight is 220 g/mol. The van der Waals surface area contributed by atoms with Crippen LogP contribution in [-0.4, -0.2) is 10.1 Å². The SMILES string of the molecule is Cc1ccc(SCc2noc(C)n2)cc1. The largest absolute Gasteiger partial charge is 0.340 e. The monoisotopic (exact) mass is 220 g/mol. The minimum Gasteiger partial charge on any atom is -0.340 e. The predicted molar refractivity (Wildman–Crippen MR) is 59.8 cm³/mol. The number of nitrogens with zero attached hydrogens (tertiary/aromatic N) is 2. The first-order valence-corrected chi connectivity index (χ1v) is 5.71. The normalized spacial score (nSPS) is 10.5. The average Bonchev–Trinajstić information content (AvgIpc) is 2.64. The molecule has 0 radical (unpaired) electrons. The lowest BCUT2D eigenvalue weighted by molar-refractivity contribution is 0.389. The molecule has 15 heavy (non-hydrogen) atoms. The second-order valence-corrected chi connectivity index (χ2v) is 4.38. The zero-order chi connectivity index (χ0) is 10.7. The smallest absolute Gasteiger partial charge is 0.223 e. The third kappa shape index (κ3) is 2.83. The summed E-state index contributed by atoms with van der Waals surface area (Å²) in [6.07, 6.45) is 0. The van der Waals surface area contributed by atoms with Gasteiger partial charge in [-0.15, -0.1) is 11.8 Å². The fourth-order valence-electron chi connectivity index (χ4n) is 1.18. The molecule has 0 fully saturated rings. The predicted octanol–water partition coefficient (Wildman–Crippen LogP) is 2.98. The van der Waals surface area contributed by atoms with E-state index in [1.807, 2.05) is 0 Å². The van der Waals surface area contributed by atoms with Crippen molar-refractivity contribution in [3.05, 3.63) is 41.5 Å². The van der Waals surface area contributed by atoms with Crippen LogP contribution < -0.4 is 0 Å². The number of thioether (sulfide) groups is 1. The summed E-state index contributed by atoms with van der Waals surface area (Å²) in [5.41, 5.74) is 1.27. The minimum atomic E-state index is 0.620. The molecule has 0 saturated heterocycles. The van der Waals surface area contributed by atoms with E-state index in [0.717, 1.165) is 11.6 Å². The molecule has 1 aromatic heterocycles. The van der Waals surface area contributed by atoms with Gasteiger partial charge in [0.05, 0.1) is 5.75 Å². The van der Waals surface area contributed by atoms with Crippen LogP contribution in [0.25, 0.3) is 0 Å². The van der Waals surface area contributed by atoms with Crippen molar-refractivity contribution in [3.63, 3.8) is 0 Å². The van der Waals surface area contributed by atoms with Gasteiger partial charge >= 0.3 is 0 Å². The van der Waals surface area contributed by atoms with E-state index in [9.17, 15) is 0 Å². The molecule has 1 heterocycles. The van der Waals surface area contributed by atoms with E-state index in [1.54, 1.807) is 18.7 Å². The Morgan fingerprint density at radius 1 is 1.20 bits per heavy atom. The lowest BCUT2D eigenvalue weighted by atomic mass is 10.2. The Labute approximate surface area is 92.9 Å². The highest BCUT2D eigenvalue weighted by Crippen LogP contribution is 2.21. The fourth-order valence-corrected chi connectivity index (χ4v) is 1.92. The number of aromatic nitrogens is 2. The second-order valence-electron chi connectivity index (χ2n) is 3.33. The molecule has 4 heteroatoms. The topological polar surface area (TPSA) is 38.9 Å². The van der Waals surface area contributed by atoms with Crippen LogP contribution in [0.3, 0.4) is 0 Å². The summed E-state index contributed by atoms with van der Waals surface area (Å²) in [4.78, 5) is 5.37. The summed E-state index contributed by atoms with van der Waals surface area (Å²) in [6, 6.07) is 8.41. The van der Waals surface area contributed by atoms with Crippen molar-refractivity contribution in [1.29, 1.82) is 0 Å². The fraction of sp³-hybridized carbons (Fsp3) is 0.273. The zero-order valence-electron chi connectivity index (χ0n) is 8.73. The molecular formula is C11H12N2OS. The van der Waals surface area contributed by atoms with Gasteiger partial charge in [0.2, 0.25) is 5.89 Å². The van der Waals surface area contributed by atoms with E-state index in [0.29, 0.717) is 5.89 Å². The molecule has 0 aliphatic rings. The van der Waals surface area contributed by atoms with Gasteiger partial charge in [0, 0.05) is 11.8 Å². The van der Waals surface area contributed by atoms with Gasteiger partial charge in [-0.05, 0) is 19.1 Å². The molecule has 0 unspecified atom stereocenters. The molecule has 2 rings (SSSR count). The third-order valence-electron chi connectivity index (χ3n) is 1.96. The van der Waals surface area contributed by atoms with Crippen molar-refractivity contribution in [1.82, 2.24) is 10.1 Å². The summed E-state index contributed by atoms with van der Waals surface area (Å²) in [7, 11) is 0. The molecule has 0 atom stereocenters. The Hall–Kier alpha value is -1.29. The third-order valence-corrected chi connectivity index (χ3v) is 2.97. The van der Waals surface area contributed by atoms with Gasteiger partial charge < -0.3 is 4.52 Å². The van der Waals surface area contributed by atoms with E-state index in [-0.39, 0.29) is 0 Å². The molecule has 0 spiro atoms. The Morgan fingerprint density at radius 2 is 1.93 bits per heavy atom. The number of hydrogen-bond acceptors (Lipinski definition) is 4. The molecule has 1 aromatic carbocycles. The van der Waals surface area contributed by atoms with Crippen LogP contribution in [0.1, 0.15) is 17.3 Å². The van der Waals surface area contributed by atoms with Crippen LogP contribution in [0, 0.1) is 13.8 Å². The van der Waals surface area contributed by atoms with Gasteiger partial charge in [-0.25, -0.2) is 0 Å². The van der Waals surface area contributed by atoms with E-state index in [2.05, 4.69) is 41.3 Å². The van der Waals surface area contributed by atoms with Gasteiger partial charge in [0.1, 0.15) is 0 Å². The maximum atomic E-state index is 4.90. The van der Waals surface area contributed by atoms with Crippen LogP contribution >= 0.6 is 11.8 Å². The molecule has 0 bridgehead atoms. The van der Waals surface area contributed by atoms with Gasteiger partial charge in [0.15, 0.2) is 5.82 Å². The maximum absolute atomic E-state index is 4.90. The first-order valence-electron chi connectivity index (χ1n) is 4.73. The van der Waals surface area contributed by atoms with Crippen molar-refractivity contribution < 1.29 is 4.52 Å². The van der Waals surface area contributed by atoms with Crippen molar-refractivity contribution >= 4 is 11.8 Å². The minimum absolute atomic E-state index is 0.620. The van der Waals surface area contributed by atoms with E-state index >= 15 is 0 Å². The van der Waals surface area contributed by atoms with Crippen molar-refractivity contribution in [2.24, 2.45) is 0 Å². The van der Waals surface area contributed by atoms with E-state index < -0.39 is 0 Å².